The molecule has 0 aliphatic carbocycles. The Bertz CT molecular complexity index is 429. The van der Waals surface area contributed by atoms with Gasteiger partial charge in [0.2, 0.25) is 5.91 Å². The van der Waals surface area contributed by atoms with Crippen LogP contribution >= 0.6 is 11.6 Å². The monoisotopic (exact) mass is 224 g/mol. The van der Waals surface area contributed by atoms with Crippen LogP contribution in [0.25, 0.3) is 0 Å². The third kappa shape index (κ3) is 1.47. The van der Waals surface area contributed by atoms with Crippen molar-refractivity contribution in [1.29, 1.82) is 0 Å². The molecule has 0 bridgehead atoms. The first-order valence-electron chi connectivity index (χ1n) is 4.78. The molecule has 0 fully saturated rings. The molecule has 1 aliphatic heterocycles. The maximum Gasteiger partial charge on any atom is 0.249 e. The highest BCUT2D eigenvalue weighted by atomic mass is 35.5. The lowest BCUT2D eigenvalue weighted by Crippen LogP contribution is -2.54. The van der Waals surface area contributed by atoms with E-state index in [0.717, 1.165) is 11.4 Å². The van der Waals surface area contributed by atoms with Gasteiger partial charge < -0.3 is 10.2 Å². The van der Waals surface area contributed by atoms with E-state index in [2.05, 4.69) is 5.32 Å². The molecule has 0 radical (unpaired) electrons. The van der Waals surface area contributed by atoms with Crippen molar-refractivity contribution in [3.05, 3.63) is 23.2 Å². The molecule has 4 heteroatoms. The Balaban J connectivity index is 2.55. The number of rotatable bonds is 0. The maximum absolute atomic E-state index is 11.8. The van der Waals surface area contributed by atoms with Crippen LogP contribution in [0.4, 0.5) is 11.4 Å². The van der Waals surface area contributed by atoms with E-state index in [1.165, 1.54) is 0 Å². The van der Waals surface area contributed by atoms with Gasteiger partial charge in [0, 0.05) is 12.1 Å². The topological polar surface area (TPSA) is 32.3 Å². The summed E-state index contributed by atoms with van der Waals surface area (Å²) < 4.78 is 0. The fourth-order valence-corrected chi connectivity index (χ4v) is 1.80. The van der Waals surface area contributed by atoms with Crippen LogP contribution in [0.15, 0.2) is 18.2 Å². The molecule has 1 heterocycles. The first-order valence-corrected chi connectivity index (χ1v) is 5.15. The molecule has 0 saturated carbocycles. The van der Waals surface area contributed by atoms with Gasteiger partial charge in [0.25, 0.3) is 0 Å². The summed E-state index contributed by atoms with van der Waals surface area (Å²) >= 11 is 5.87. The maximum atomic E-state index is 11.8. The minimum atomic E-state index is -0.527. The zero-order valence-electron chi connectivity index (χ0n) is 8.97. The molecule has 1 aromatic rings. The Morgan fingerprint density at radius 1 is 1.40 bits per heavy atom. The third-order valence-electron chi connectivity index (χ3n) is 2.96. The van der Waals surface area contributed by atoms with Gasteiger partial charge in [-0.2, -0.15) is 0 Å². The minimum absolute atomic E-state index is 0.0141. The second-order valence-electron chi connectivity index (χ2n) is 4.23. The molecule has 0 unspecified atom stereocenters. The summed E-state index contributed by atoms with van der Waals surface area (Å²) in [7, 11) is 1.91. The average molecular weight is 225 g/mol. The van der Waals surface area contributed by atoms with Gasteiger partial charge in [0.05, 0.1) is 11.4 Å². The highest BCUT2D eigenvalue weighted by Gasteiger charge is 2.37. The second kappa shape index (κ2) is 3.14. The lowest BCUT2D eigenvalue weighted by Gasteiger charge is -2.41. The molecule has 1 aromatic carbocycles. The van der Waals surface area contributed by atoms with Gasteiger partial charge in [-0.25, -0.2) is 0 Å². The zero-order valence-corrected chi connectivity index (χ0v) is 9.72. The molecule has 0 saturated heterocycles. The average Bonchev–Trinajstić information content (AvgIpc) is 2.15. The van der Waals surface area contributed by atoms with Gasteiger partial charge in [-0.1, -0.05) is 11.6 Å². The first-order chi connectivity index (χ1) is 6.93. The van der Waals surface area contributed by atoms with Crippen molar-refractivity contribution in [2.75, 3.05) is 17.3 Å². The predicted octanol–water partition coefficient (Wildman–Crippen LogP) is 2.51. The van der Waals surface area contributed by atoms with Gasteiger partial charge >= 0.3 is 0 Å². The number of carbonyl (C=O) groups excluding carboxylic acids is 1. The number of nitrogens with zero attached hydrogens (tertiary/aromatic N) is 1. The molecule has 0 spiro atoms. The van der Waals surface area contributed by atoms with Crippen LogP contribution in [-0.2, 0) is 4.79 Å². The van der Waals surface area contributed by atoms with Crippen molar-refractivity contribution < 1.29 is 4.79 Å². The predicted molar refractivity (Wildman–Crippen MR) is 62.6 cm³/mol. The number of hydrogen-bond donors (Lipinski definition) is 1. The highest BCUT2D eigenvalue weighted by molar-refractivity contribution is 6.31. The van der Waals surface area contributed by atoms with E-state index < -0.39 is 5.54 Å². The van der Waals surface area contributed by atoms with Crippen LogP contribution < -0.4 is 10.2 Å². The Morgan fingerprint density at radius 2 is 2.07 bits per heavy atom. The summed E-state index contributed by atoms with van der Waals surface area (Å²) in [5.41, 5.74) is 1.24. The third-order valence-corrected chi connectivity index (χ3v) is 3.20. The number of carbonyl (C=O) groups is 1. The van der Waals surface area contributed by atoms with Crippen LogP contribution in [0.2, 0.25) is 5.02 Å². The molecule has 80 valence electrons. The smallest absolute Gasteiger partial charge is 0.249 e. The van der Waals surface area contributed by atoms with Crippen molar-refractivity contribution in [3.63, 3.8) is 0 Å². The summed E-state index contributed by atoms with van der Waals surface area (Å²) in [6.45, 7) is 3.78. The Kier molecular flexibility index (Phi) is 2.15. The number of nitrogens with one attached hydrogen (secondary N) is 1. The number of benzene rings is 1. The van der Waals surface area contributed by atoms with Gasteiger partial charge in [0.1, 0.15) is 5.54 Å². The lowest BCUT2D eigenvalue weighted by molar-refractivity contribution is -0.120. The van der Waals surface area contributed by atoms with E-state index in [4.69, 9.17) is 11.6 Å². The SMILES string of the molecule is CN1c2ccc(Cl)cc2NC(=O)C1(C)C. The summed E-state index contributed by atoms with van der Waals surface area (Å²) in [6, 6.07) is 5.50. The molecule has 2 rings (SSSR count). The molecule has 0 atom stereocenters. The Morgan fingerprint density at radius 3 is 2.73 bits per heavy atom. The Labute approximate surface area is 94.0 Å². The lowest BCUT2D eigenvalue weighted by atomic mass is 9.97. The molecule has 1 N–H and O–H groups in total. The molecule has 15 heavy (non-hydrogen) atoms. The van der Waals surface area contributed by atoms with E-state index in [1.54, 1.807) is 6.07 Å². The van der Waals surface area contributed by atoms with E-state index in [9.17, 15) is 4.79 Å². The van der Waals surface area contributed by atoms with Crippen molar-refractivity contribution in [3.8, 4) is 0 Å². The molecule has 1 amide bonds. The number of anilines is 2. The van der Waals surface area contributed by atoms with Crippen LogP contribution in [0.1, 0.15) is 13.8 Å². The standard InChI is InChI=1S/C11H13ClN2O/c1-11(2)10(15)13-8-6-7(12)4-5-9(8)14(11)3/h4-6H,1-3H3,(H,13,15). The second-order valence-corrected chi connectivity index (χ2v) is 4.67. The van der Waals surface area contributed by atoms with Crippen LogP contribution in [0.5, 0.6) is 0 Å². The molecule has 1 aliphatic rings. The van der Waals surface area contributed by atoms with Crippen molar-refractivity contribution in [2.24, 2.45) is 0 Å². The van der Waals surface area contributed by atoms with Gasteiger partial charge in [-0.05, 0) is 32.0 Å². The number of fused-ring (bicyclic) bond motifs is 1. The van der Waals surface area contributed by atoms with E-state index in [1.807, 2.05) is 37.9 Å². The van der Waals surface area contributed by atoms with Crippen molar-refractivity contribution in [2.45, 2.75) is 19.4 Å². The number of likely N-dealkylation sites (N-methyl/N-ethyl adjacent to an activating group) is 1. The summed E-state index contributed by atoms with van der Waals surface area (Å²) in [6.07, 6.45) is 0. The summed E-state index contributed by atoms with van der Waals surface area (Å²) in [4.78, 5) is 13.8. The molecule has 0 aromatic heterocycles. The summed E-state index contributed by atoms with van der Waals surface area (Å²) in [5.74, 6) is -0.0141. The van der Waals surface area contributed by atoms with E-state index in [0.29, 0.717) is 5.02 Å². The van der Waals surface area contributed by atoms with Gasteiger partial charge in [-0.3, -0.25) is 4.79 Å². The number of amides is 1. The van der Waals surface area contributed by atoms with Crippen LogP contribution in [-0.4, -0.2) is 18.5 Å². The van der Waals surface area contributed by atoms with Crippen LogP contribution in [0.3, 0.4) is 0 Å². The normalized spacial score (nSPS) is 18.4. The largest absolute Gasteiger partial charge is 0.359 e. The highest BCUT2D eigenvalue weighted by Crippen LogP contribution is 2.36. The number of hydrogen-bond acceptors (Lipinski definition) is 2. The van der Waals surface area contributed by atoms with Crippen molar-refractivity contribution >= 4 is 28.9 Å². The fraction of sp³-hybridized carbons (Fsp3) is 0.364. The Hall–Kier alpha value is -1.22. The van der Waals surface area contributed by atoms with Gasteiger partial charge in [-0.15, -0.1) is 0 Å². The number of halogens is 1. The quantitative estimate of drug-likeness (QED) is 0.735. The fourth-order valence-electron chi connectivity index (χ4n) is 1.63. The molecule has 3 nitrogen and oxygen atoms in total. The molecular formula is C11H13ClN2O. The van der Waals surface area contributed by atoms with Crippen LogP contribution in [0, 0.1) is 0 Å². The molecular weight excluding hydrogens is 212 g/mol. The first kappa shape index (κ1) is 10.3. The van der Waals surface area contributed by atoms with Crippen molar-refractivity contribution in [1.82, 2.24) is 0 Å². The zero-order chi connectivity index (χ0) is 11.2. The summed E-state index contributed by atoms with van der Waals surface area (Å²) in [5, 5.41) is 3.48. The minimum Gasteiger partial charge on any atom is -0.359 e. The van der Waals surface area contributed by atoms with E-state index in [-0.39, 0.29) is 5.91 Å². The van der Waals surface area contributed by atoms with E-state index >= 15 is 0 Å². The van der Waals surface area contributed by atoms with Gasteiger partial charge in [0.15, 0.2) is 0 Å².